The molecule has 1 heterocycles. The summed E-state index contributed by atoms with van der Waals surface area (Å²) in [6.07, 6.45) is 2.94. The highest BCUT2D eigenvalue weighted by Gasteiger charge is 2.46. The average molecular weight is 437 g/mol. The van der Waals surface area contributed by atoms with Crippen LogP contribution in [-0.4, -0.2) is 50.7 Å². The van der Waals surface area contributed by atoms with Gasteiger partial charge in [-0.15, -0.1) is 0 Å². The molecule has 3 atom stereocenters. The Balaban J connectivity index is 1.82. The van der Waals surface area contributed by atoms with Crippen molar-refractivity contribution >= 4 is 8.32 Å². The van der Waals surface area contributed by atoms with E-state index in [2.05, 4.69) is 33.9 Å². The molecule has 1 saturated heterocycles. The maximum atomic E-state index is 10.7. The molecular formula is C24H40O5Si. The van der Waals surface area contributed by atoms with Gasteiger partial charge in [-0.25, -0.2) is 0 Å². The van der Waals surface area contributed by atoms with E-state index in [4.69, 9.17) is 18.6 Å². The van der Waals surface area contributed by atoms with Crippen LogP contribution >= 0.6 is 0 Å². The van der Waals surface area contributed by atoms with Crippen molar-refractivity contribution in [2.24, 2.45) is 0 Å². The molecule has 0 spiro atoms. The van der Waals surface area contributed by atoms with Crippen LogP contribution in [0.3, 0.4) is 0 Å². The van der Waals surface area contributed by atoms with Crippen LogP contribution in [0.2, 0.25) is 18.1 Å². The molecular weight excluding hydrogens is 396 g/mol. The van der Waals surface area contributed by atoms with Gasteiger partial charge in [0, 0.05) is 0 Å². The van der Waals surface area contributed by atoms with Gasteiger partial charge in [-0.05, 0) is 44.0 Å². The van der Waals surface area contributed by atoms with Gasteiger partial charge in [-0.1, -0.05) is 63.3 Å². The maximum absolute atomic E-state index is 10.7. The fourth-order valence-electron chi connectivity index (χ4n) is 3.05. The summed E-state index contributed by atoms with van der Waals surface area (Å²) < 4.78 is 24.0. The zero-order valence-electron chi connectivity index (χ0n) is 19.7. The lowest BCUT2D eigenvalue weighted by atomic mass is 10.1. The quantitative estimate of drug-likeness (QED) is 0.316. The molecule has 1 aromatic rings. The molecule has 5 nitrogen and oxygen atoms in total. The van der Waals surface area contributed by atoms with Crippen molar-refractivity contribution in [3.8, 4) is 0 Å². The van der Waals surface area contributed by atoms with Gasteiger partial charge in [0.2, 0.25) is 0 Å². The smallest absolute Gasteiger partial charge is 0.192 e. The Morgan fingerprint density at radius 1 is 1.17 bits per heavy atom. The first kappa shape index (κ1) is 25.2. The number of benzene rings is 1. The van der Waals surface area contributed by atoms with Gasteiger partial charge in [0.05, 0.1) is 19.8 Å². The molecule has 0 unspecified atom stereocenters. The summed E-state index contributed by atoms with van der Waals surface area (Å²) in [5.74, 6) is -0.736. The third-order valence-corrected chi connectivity index (χ3v) is 10.3. The number of ether oxygens (including phenoxy) is 3. The van der Waals surface area contributed by atoms with E-state index in [1.165, 1.54) is 0 Å². The SMILES string of the molecule is CC1(C)O[C@@H]([C@@H](O)/C=C\CCOCc2ccccc2)[C@@H](CO[Si](C)(C)C(C)(C)C)O1. The number of aliphatic hydroxyl groups excluding tert-OH is 1. The van der Waals surface area contributed by atoms with Gasteiger partial charge >= 0.3 is 0 Å². The lowest BCUT2D eigenvalue weighted by molar-refractivity contribution is -0.154. The minimum atomic E-state index is -1.90. The summed E-state index contributed by atoms with van der Waals surface area (Å²) in [6, 6.07) is 10.1. The van der Waals surface area contributed by atoms with Crippen molar-refractivity contribution in [2.45, 2.75) is 89.9 Å². The highest BCUT2D eigenvalue weighted by Crippen LogP contribution is 2.38. The number of hydrogen-bond acceptors (Lipinski definition) is 5. The molecule has 0 amide bonds. The van der Waals surface area contributed by atoms with Crippen molar-refractivity contribution in [1.82, 2.24) is 0 Å². The number of aliphatic hydroxyl groups is 1. The third kappa shape index (κ3) is 7.59. The van der Waals surface area contributed by atoms with Crippen LogP contribution in [0.15, 0.2) is 42.5 Å². The molecule has 0 aliphatic carbocycles. The molecule has 0 bridgehead atoms. The van der Waals surface area contributed by atoms with Crippen molar-refractivity contribution in [3.63, 3.8) is 0 Å². The second kappa shape index (κ2) is 10.5. The normalized spacial score (nSPS) is 23.2. The van der Waals surface area contributed by atoms with Crippen LogP contribution in [0.25, 0.3) is 0 Å². The van der Waals surface area contributed by atoms with Crippen molar-refractivity contribution in [1.29, 1.82) is 0 Å². The van der Waals surface area contributed by atoms with E-state index < -0.39 is 26.3 Å². The molecule has 6 heteroatoms. The van der Waals surface area contributed by atoms with Gasteiger partial charge in [-0.3, -0.25) is 0 Å². The number of hydrogen-bond donors (Lipinski definition) is 1. The Morgan fingerprint density at radius 3 is 2.47 bits per heavy atom. The minimum absolute atomic E-state index is 0.121. The van der Waals surface area contributed by atoms with Crippen LogP contribution in [0.5, 0.6) is 0 Å². The first-order chi connectivity index (χ1) is 13.9. The molecule has 2 rings (SSSR count). The molecule has 1 aromatic carbocycles. The third-order valence-electron chi connectivity index (χ3n) is 5.85. The van der Waals surface area contributed by atoms with Gasteiger partial charge in [0.15, 0.2) is 14.1 Å². The fraction of sp³-hybridized carbons (Fsp3) is 0.667. The predicted molar refractivity (Wildman–Crippen MR) is 123 cm³/mol. The largest absolute Gasteiger partial charge is 0.414 e. The Morgan fingerprint density at radius 2 is 1.83 bits per heavy atom. The Labute approximate surface area is 183 Å². The number of rotatable bonds is 10. The predicted octanol–water partition coefficient (Wildman–Crippen LogP) is 5.05. The molecule has 0 aromatic heterocycles. The monoisotopic (exact) mass is 436 g/mol. The van der Waals surface area contributed by atoms with Crippen LogP contribution in [0, 0.1) is 0 Å². The second-order valence-electron chi connectivity index (χ2n) is 9.96. The van der Waals surface area contributed by atoms with E-state index in [1.54, 1.807) is 6.08 Å². The lowest BCUT2D eigenvalue weighted by Gasteiger charge is -2.37. The van der Waals surface area contributed by atoms with E-state index in [0.717, 1.165) is 12.0 Å². The van der Waals surface area contributed by atoms with Gasteiger partial charge < -0.3 is 23.7 Å². The van der Waals surface area contributed by atoms with E-state index in [9.17, 15) is 5.11 Å². The van der Waals surface area contributed by atoms with E-state index >= 15 is 0 Å². The van der Waals surface area contributed by atoms with Gasteiger partial charge in [0.25, 0.3) is 0 Å². The molecule has 30 heavy (non-hydrogen) atoms. The summed E-state index contributed by atoms with van der Waals surface area (Å²) in [5.41, 5.74) is 1.16. The van der Waals surface area contributed by atoms with Crippen molar-refractivity contribution in [3.05, 3.63) is 48.0 Å². The summed E-state index contributed by atoms with van der Waals surface area (Å²) in [4.78, 5) is 0. The van der Waals surface area contributed by atoms with Crippen LogP contribution < -0.4 is 0 Å². The maximum Gasteiger partial charge on any atom is 0.192 e. The summed E-state index contributed by atoms with van der Waals surface area (Å²) in [5, 5.41) is 10.8. The highest BCUT2D eigenvalue weighted by atomic mass is 28.4. The topological polar surface area (TPSA) is 57.2 Å². The van der Waals surface area contributed by atoms with Crippen LogP contribution in [-0.2, 0) is 25.2 Å². The Bertz CT molecular complexity index is 666. The van der Waals surface area contributed by atoms with Crippen molar-refractivity contribution < 1.29 is 23.7 Å². The summed E-state index contributed by atoms with van der Waals surface area (Å²) in [6.45, 7) is 16.4. The molecule has 1 N–H and O–H groups in total. The second-order valence-corrected chi connectivity index (χ2v) is 14.8. The first-order valence-corrected chi connectivity index (χ1v) is 13.8. The molecule has 1 fully saturated rings. The molecule has 170 valence electrons. The van der Waals surface area contributed by atoms with E-state index in [0.29, 0.717) is 19.8 Å². The lowest BCUT2D eigenvalue weighted by Crippen LogP contribution is -2.45. The molecule has 0 radical (unpaired) electrons. The molecule has 1 aliphatic heterocycles. The summed E-state index contributed by atoms with van der Waals surface area (Å²) >= 11 is 0. The minimum Gasteiger partial charge on any atom is -0.414 e. The standard InChI is InChI=1S/C24H40O5Si/c1-23(2,3)30(6,7)27-18-21-22(29-24(4,5)28-21)20(25)15-11-12-16-26-17-19-13-9-8-10-14-19/h8-11,13-15,20-22,25H,12,16-18H2,1-7H3/b15-11-/t20-,21+,22-/m0/s1. The van der Waals surface area contributed by atoms with Crippen LogP contribution in [0.4, 0.5) is 0 Å². The zero-order valence-corrected chi connectivity index (χ0v) is 20.7. The van der Waals surface area contributed by atoms with Gasteiger partial charge in [-0.2, -0.15) is 0 Å². The van der Waals surface area contributed by atoms with Gasteiger partial charge in [0.1, 0.15) is 18.3 Å². The molecule has 0 saturated carbocycles. The Hall–Kier alpha value is -1.02. The zero-order chi connectivity index (χ0) is 22.4. The van der Waals surface area contributed by atoms with Crippen molar-refractivity contribution in [2.75, 3.05) is 13.2 Å². The first-order valence-electron chi connectivity index (χ1n) is 10.9. The van der Waals surface area contributed by atoms with Crippen LogP contribution in [0.1, 0.15) is 46.6 Å². The molecule has 1 aliphatic rings. The average Bonchev–Trinajstić information content (AvgIpc) is 2.97. The van der Waals surface area contributed by atoms with E-state index in [1.807, 2.05) is 50.3 Å². The van der Waals surface area contributed by atoms with E-state index in [-0.39, 0.29) is 11.1 Å². The fourth-order valence-corrected chi connectivity index (χ4v) is 4.06. The summed E-state index contributed by atoms with van der Waals surface area (Å²) in [7, 11) is -1.90. The Kier molecular flexibility index (Phi) is 8.86. The highest BCUT2D eigenvalue weighted by molar-refractivity contribution is 6.74.